The van der Waals surface area contributed by atoms with Crippen LogP contribution < -0.4 is 16.0 Å². The van der Waals surface area contributed by atoms with Crippen LogP contribution in [0.3, 0.4) is 0 Å². The lowest BCUT2D eigenvalue weighted by atomic mass is 10.1. The Hall–Kier alpha value is -1.59. The molecule has 2 aromatic rings. The standard InChI is InChI=1S/C12H15N3OS/c1-3-8-6-9(4-5-10(8)16-2)12-14-11(15-13)7-17-12/h4-7,15H,3,13H2,1-2H3. The summed E-state index contributed by atoms with van der Waals surface area (Å²) in [6.07, 6.45) is 0.935. The minimum Gasteiger partial charge on any atom is -0.496 e. The molecule has 0 aliphatic carbocycles. The second-order valence-electron chi connectivity index (χ2n) is 3.56. The summed E-state index contributed by atoms with van der Waals surface area (Å²) in [6.45, 7) is 2.11. The number of hydrogen-bond acceptors (Lipinski definition) is 5. The Kier molecular flexibility index (Phi) is 3.61. The summed E-state index contributed by atoms with van der Waals surface area (Å²) in [5.74, 6) is 6.93. The summed E-state index contributed by atoms with van der Waals surface area (Å²) in [5, 5.41) is 2.85. The van der Waals surface area contributed by atoms with Gasteiger partial charge in [-0.25, -0.2) is 10.8 Å². The second-order valence-corrected chi connectivity index (χ2v) is 4.42. The first-order valence-electron chi connectivity index (χ1n) is 5.38. The van der Waals surface area contributed by atoms with E-state index in [2.05, 4.69) is 23.4 Å². The summed E-state index contributed by atoms with van der Waals surface area (Å²) in [7, 11) is 1.69. The third-order valence-corrected chi connectivity index (χ3v) is 3.45. The lowest BCUT2D eigenvalue weighted by Crippen LogP contribution is -2.06. The molecule has 0 unspecified atom stereocenters. The number of nitrogens with zero attached hydrogens (tertiary/aromatic N) is 1. The number of nitrogen functional groups attached to an aromatic ring is 1. The highest BCUT2D eigenvalue weighted by Crippen LogP contribution is 2.30. The zero-order chi connectivity index (χ0) is 12.3. The summed E-state index contributed by atoms with van der Waals surface area (Å²) < 4.78 is 5.30. The van der Waals surface area contributed by atoms with E-state index < -0.39 is 0 Å². The molecule has 0 amide bonds. The Balaban J connectivity index is 2.38. The van der Waals surface area contributed by atoms with E-state index in [4.69, 9.17) is 10.6 Å². The number of rotatable bonds is 4. The van der Waals surface area contributed by atoms with Crippen molar-refractivity contribution in [2.24, 2.45) is 5.84 Å². The zero-order valence-corrected chi connectivity index (χ0v) is 10.7. The van der Waals surface area contributed by atoms with Gasteiger partial charge in [0.25, 0.3) is 0 Å². The van der Waals surface area contributed by atoms with Crippen molar-refractivity contribution in [2.75, 3.05) is 12.5 Å². The van der Waals surface area contributed by atoms with E-state index in [-0.39, 0.29) is 0 Å². The number of nitrogens with one attached hydrogen (secondary N) is 1. The maximum atomic E-state index is 5.32. The van der Waals surface area contributed by atoms with Gasteiger partial charge in [-0.05, 0) is 30.2 Å². The van der Waals surface area contributed by atoms with Crippen LogP contribution in [0.2, 0.25) is 0 Å². The van der Waals surface area contributed by atoms with Gasteiger partial charge in [-0.3, -0.25) is 0 Å². The largest absolute Gasteiger partial charge is 0.496 e. The van der Waals surface area contributed by atoms with Crippen LogP contribution in [0.15, 0.2) is 23.6 Å². The first-order valence-corrected chi connectivity index (χ1v) is 6.26. The highest BCUT2D eigenvalue weighted by molar-refractivity contribution is 7.13. The lowest BCUT2D eigenvalue weighted by Gasteiger charge is -2.07. The molecule has 0 atom stereocenters. The van der Waals surface area contributed by atoms with Crippen molar-refractivity contribution in [1.82, 2.24) is 4.98 Å². The minimum atomic E-state index is 0.693. The zero-order valence-electron chi connectivity index (χ0n) is 9.86. The average Bonchev–Trinajstić information content (AvgIpc) is 2.86. The number of ether oxygens (including phenoxy) is 1. The number of anilines is 1. The molecule has 0 aliphatic rings. The Morgan fingerprint density at radius 3 is 2.88 bits per heavy atom. The molecule has 1 aromatic carbocycles. The molecular weight excluding hydrogens is 234 g/mol. The van der Waals surface area contributed by atoms with Crippen molar-refractivity contribution in [3.8, 4) is 16.3 Å². The number of aryl methyl sites for hydroxylation is 1. The maximum Gasteiger partial charge on any atom is 0.151 e. The monoisotopic (exact) mass is 249 g/mol. The summed E-state index contributed by atoms with van der Waals surface area (Å²) in [6, 6.07) is 6.10. The smallest absolute Gasteiger partial charge is 0.151 e. The van der Waals surface area contributed by atoms with Crippen LogP contribution in [0.1, 0.15) is 12.5 Å². The first kappa shape index (κ1) is 11.9. The molecule has 3 N–H and O–H groups in total. The van der Waals surface area contributed by atoms with E-state index >= 15 is 0 Å². The normalized spacial score (nSPS) is 10.3. The molecule has 1 aromatic heterocycles. The molecule has 0 bridgehead atoms. The van der Waals surface area contributed by atoms with Crippen molar-refractivity contribution in [3.63, 3.8) is 0 Å². The molecule has 0 fully saturated rings. The molecule has 0 saturated heterocycles. The van der Waals surface area contributed by atoms with E-state index in [0.717, 1.165) is 22.7 Å². The third kappa shape index (κ3) is 2.40. The maximum absolute atomic E-state index is 5.32. The number of hydrazine groups is 1. The van der Waals surface area contributed by atoms with E-state index in [1.54, 1.807) is 18.4 Å². The van der Waals surface area contributed by atoms with Crippen LogP contribution in [0, 0.1) is 0 Å². The number of thiazole rings is 1. The van der Waals surface area contributed by atoms with Gasteiger partial charge in [0.15, 0.2) is 5.82 Å². The number of aromatic nitrogens is 1. The van der Waals surface area contributed by atoms with E-state index in [1.165, 1.54) is 5.56 Å². The van der Waals surface area contributed by atoms with Gasteiger partial charge in [-0.15, -0.1) is 11.3 Å². The van der Waals surface area contributed by atoms with Crippen LogP contribution >= 0.6 is 11.3 Å². The van der Waals surface area contributed by atoms with E-state index in [1.807, 2.05) is 17.5 Å². The minimum absolute atomic E-state index is 0.693. The molecule has 4 nitrogen and oxygen atoms in total. The highest BCUT2D eigenvalue weighted by atomic mass is 32.1. The Bertz CT molecular complexity index is 510. The number of hydrogen-bond donors (Lipinski definition) is 2. The first-order chi connectivity index (χ1) is 8.28. The molecule has 0 aliphatic heterocycles. The van der Waals surface area contributed by atoms with Crippen LogP contribution in [0.5, 0.6) is 5.75 Å². The fourth-order valence-electron chi connectivity index (χ4n) is 1.66. The van der Waals surface area contributed by atoms with Crippen LogP contribution in [0.25, 0.3) is 10.6 Å². The highest BCUT2D eigenvalue weighted by Gasteiger charge is 2.07. The van der Waals surface area contributed by atoms with Crippen molar-refractivity contribution >= 4 is 17.2 Å². The Labute approximate surface area is 104 Å². The van der Waals surface area contributed by atoms with Gasteiger partial charge in [-0.1, -0.05) is 6.92 Å². The molecule has 0 radical (unpaired) electrons. The van der Waals surface area contributed by atoms with E-state index in [9.17, 15) is 0 Å². The van der Waals surface area contributed by atoms with Gasteiger partial charge in [0.05, 0.1) is 7.11 Å². The predicted molar refractivity (Wildman–Crippen MR) is 71.3 cm³/mol. The van der Waals surface area contributed by atoms with E-state index in [0.29, 0.717) is 5.82 Å². The number of benzene rings is 1. The summed E-state index contributed by atoms with van der Waals surface area (Å²) >= 11 is 1.57. The van der Waals surface area contributed by atoms with Crippen LogP contribution in [-0.2, 0) is 6.42 Å². The van der Waals surface area contributed by atoms with Gasteiger partial charge in [0, 0.05) is 10.9 Å². The Morgan fingerprint density at radius 2 is 2.29 bits per heavy atom. The predicted octanol–water partition coefficient (Wildman–Crippen LogP) is 2.67. The molecule has 0 saturated carbocycles. The molecule has 2 rings (SSSR count). The molecule has 17 heavy (non-hydrogen) atoms. The van der Waals surface area contributed by atoms with Crippen LogP contribution in [-0.4, -0.2) is 12.1 Å². The topological polar surface area (TPSA) is 60.2 Å². The number of nitrogens with two attached hydrogens (primary N) is 1. The van der Waals surface area contributed by atoms with Crippen molar-refractivity contribution in [1.29, 1.82) is 0 Å². The summed E-state index contributed by atoms with van der Waals surface area (Å²) in [5.41, 5.74) is 4.82. The van der Waals surface area contributed by atoms with Gasteiger partial charge in [-0.2, -0.15) is 0 Å². The molecule has 0 spiro atoms. The van der Waals surface area contributed by atoms with Gasteiger partial charge >= 0.3 is 0 Å². The van der Waals surface area contributed by atoms with Crippen LogP contribution in [0.4, 0.5) is 5.82 Å². The van der Waals surface area contributed by atoms with Crippen molar-refractivity contribution in [3.05, 3.63) is 29.1 Å². The summed E-state index contributed by atoms with van der Waals surface area (Å²) in [4.78, 5) is 4.37. The lowest BCUT2D eigenvalue weighted by molar-refractivity contribution is 0.410. The molecule has 5 heteroatoms. The third-order valence-electron chi connectivity index (χ3n) is 2.56. The molecular formula is C12H15N3OS. The van der Waals surface area contributed by atoms with Gasteiger partial charge in [0.2, 0.25) is 0 Å². The van der Waals surface area contributed by atoms with Gasteiger partial charge in [0.1, 0.15) is 10.8 Å². The fraction of sp³-hybridized carbons (Fsp3) is 0.250. The quantitative estimate of drug-likeness (QED) is 0.646. The van der Waals surface area contributed by atoms with Gasteiger partial charge < -0.3 is 10.2 Å². The molecule has 90 valence electrons. The number of methoxy groups -OCH3 is 1. The molecule has 1 heterocycles. The Morgan fingerprint density at radius 1 is 1.47 bits per heavy atom. The average molecular weight is 249 g/mol. The fourth-order valence-corrected chi connectivity index (χ4v) is 2.42. The van der Waals surface area contributed by atoms with Crippen molar-refractivity contribution < 1.29 is 4.74 Å². The second kappa shape index (κ2) is 5.16. The SMILES string of the molecule is CCc1cc(-c2nc(NN)cs2)ccc1OC. The van der Waals surface area contributed by atoms with Crippen molar-refractivity contribution in [2.45, 2.75) is 13.3 Å².